The van der Waals surface area contributed by atoms with Crippen molar-refractivity contribution in [2.75, 3.05) is 6.61 Å². The van der Waals surface area contributed by atoms with Crippen LogP contribution in [0.25, 0.3) is 16.8 Å². The van der Waals surface area contributed by atoms with E-state index in [2.05, 4.69) is 5.10 Å². The van der Waals surface area contributed by atoms with E-state index in [9.17, 15) is 9.59 Å². The minimum absolute atomic E-state index is 0.0216. The van der Waals surface area contributed by atoms with Crippen molar-refractivity contribution >= 4 is 22.8 Å². The Morgan fingerprint density at radius 3 is 2.52 bits per heavy atom. The van der Waals surface area contributed by atoms with Gasteiger partial charge in [0.2, 0.25) is 0 Å². The molecular formula is C20H18N2O3. The van der Waals surface area contributed by atoms with Gasteiger partial charge in [0.15, 0.2) is 0 Å². The third-order valence-corrected chi connectivity index (χ3v) is 3.80. The van der Waals surface area contributed by atoms with E-state index in [1.807, 2.05) is 42.5 Å². The van der Waals surface area contributed by atoms with E-state index in [1.165, 1.54) is 4.68 Å². The maximum atomic E-state index is 12.1. The largest absolute Gasteiger partial charge is 0.461 e. The average Bonchev–Trinajstić information content (AvgIpc) is 2.64. The van der Waals surface area contributed by atoms with Crippen molar-refractivity contribution in [3.8, 4) is 0 Å². The van der Waals surface area contributed by atoms with Crippen LogP contribution in [-0.4, -0.2) is 22.4 Å². The molecule has 0 bridgehead atoms. The summed E-state index contributed by atoms with van der Waals surface area (Å²) in [7, 11) is 1.58. The van der Waals surface area contributed by atoms with Crippen molar-refractivity contribution < 1.29 is 9.53 Å². The lowest BCUT2D eigenvalue weighted by molar-refractivity contribution is -0.141. The highest BCUT2D eigenvalue weighted by Crippen LogP contribution is 2.13. The molecular weight excluding hydrogens is 316 g/mol. The van der Waals surface area contributed by atoms with Gasteiger partial charge < -0.3 is 4.74 Å². The van der Waals surface area contributed by atoms with Gasteiger partial charge in [0, 0.05) is 12.4 Å². The Balaban J connectivity index is 1.67. The van der Waals surface area contributed by atoms with E-state index in [1.54, 1.807) is 31.3 Å². The predicted octanol–water partition coefficient (Wildman–Crippen LogP) is 2.73. The molecule has 1 aromatic heterocycles. The van der Waals surface area contributed by atoms with Crippen LogP contribution < -0.4 is 5.56 Å². The van der Waals surface area contributed by atoms with Gasteiger partial charge in [-0.3, -0.25) is 9.59 Å². The molecule has 0 unspecified atom stereocenters. The second kappa shape index (κ2) is 7.57. The number of aromatic nitrogens is 2. The van der Waals surface area contributed by atoms with Crippen LogP contribution in [0.5, 0.6) is 0 Å². The molecule has 0 N–H and O–H groups in total. The fourth-order valence-electron chi connectivity index (χ4n) is 2.58. The number of ether oxygens (including phenoxy) is 1. The predicted molar refractivity (Wildman–Crippen MR) is 97.1 cm³/mol. The zero-order valence-electron chi connectivity index (χ0n) is 13.9. The molecule has 5 nitrogen and oxygen atoms in total. The summed E-state index contributed by atoms with van der Waals surface area (Å²) in [5.41, 5.74) is 1.40. The second-order valence-electron chi connectivity index (χ2n) is 5.59. The molecule has 3 rings (SSSR count). The summed E-state index contributed by atoms with van der Waals surface area (Å²) >= 11 is 0. The fourth-order valence-corrected chi connectivity index (χ4v) is 2.58. The number of esters is 1. The normalized spacial score (nSPS) is 11.1. The standard InChI is InChI=1S/C20H18N2O3/c1-22-20(24)17-12-6-5-11-16(17)18(21-22)14-19(23)25-13-7-10-15-8-3-2-4-9-15/h2-12H,13-14H2,1H3/b10-7+. The van der Waals surface area contributed by atoms with Crippen LogP contribution in [0.4, 0.5) is 0 Å². The summed E-state index contributed by atoms with van der Waals surface area (Å²) in [5, 5.41) is 5.43. The molecule has 0 amide bonds. The molecule has 2 aromatic carbocycles. The van der Waals surface area contributed by atoms with Gasteiger partial charge in [0.05, 0.1) is 17.5 Å². The molecule has 0 aliphatic rings. The highest BCUT2D eigenvalue weighted by molar-refractivity contribution is 5.86. The van der Waals surface area contributed by atoms with Crippen LogP contribution >= 0.6 is 0 Å². The summed E-state index contributed by atoms with van der Waals surface area (Å²) in [6, 6.07) is 16.9. The van der Waals surface area contributed by atoms with Gasteiger partial charge in [-0.25, -0.2) is 4.68 Å². The molecule has 5 heteroatoms. The number of carbonyl (C=O) groups excluding carboxylic acids is 1. The van der Waals surface area contributed by atoms with E-state index in [4.69, 9.17) is 4.74 Å². The van der Waals surface area contributed by atoms with Crippen molar-refractivity contribution in [3.05, 3.63) is 82.3 Å². The van der Waals surface area contributed by atoms with Crippen molar-refractivity contribution in [2.24, 2.45) is 7.05 Å². The number of hydrogen-bond donors (Lipinski definition) is 0. The van der Waals surface area contributed by atoms with Gasteiger partial charge in [0.1, 0.15) is 6.61 Å². The number of nitrogens with zero attached hydrogens (tertiary/aromatic N) is 2. The smallest absolute Gasteiger partial charge is 0.312 e. The quantitative estimate of drug-likeness (QED) is 0.673. The lowest BCUT2D eigenvalue weighted by atomic mass is 10.1. The minimum atomic E-state index is -0.381. The van der Waals surface area contributed by atoms with E-state index >= 15 is 0 Å². The molecule has 1 heterocycles. The minimum Gasteiger partial charge on any atom is -0.461 e. The average molecular weight is 334 g/mol. The van der Waals surface area contributed by atoms with Gasteiger partial charge in [-0.1, -0.05) is 54.6 Å². The summed E-state index contributed by atoms with van der Waals surface area (Å²) in [6.45, 7) is 0.192. The van der Waals surface area contributed by atoms with E-state index in [-0.39, 0.29) is 24.6 Å². The number of carbonyl (C=O) groups is 1. The summed E-state index contributed by atoms with van der Waals surface area (Å²) < 4.78 is 6.48. The zero-order valence-corrected chi connectivity index (χ0v) is 13.9. The first-order valence-electron chi connectivity index (χ1n) is 7.97. The number of hydrogen-bond acceptors (Lipinski definition) is 4. The van der Waals surface area contributed by atoms with E-state index < -0.39 is 0 Å². The van der Waals surface area contributed by atoms with Crippen molar-refractivity contribution in [1.82, 2.24) is 9.78 Å². The van der Waals surface area contributed by atoms with Crippen LogP contribution in [-0.2, 0) is 23.0 Å². The number of benzene rings is 2. The molecule has 0 saturated heterocycles. The van der Waals surface area contributed by atoms with Gasteiger partial charge in [-0.05, 0) is 17.7 Å². The van der Waals surface area contributed by atoms with Crippen molar-refractivity contribution in [1.29, 1.82) is 0 Å². The Labute approximate surface area is 145 Å². The summed E-state index contributed by atoms with van der Waals surface area (Å²) in [4.78, 5) is 24.2. The van der Waals surface area contributed by atoms with E-state index in [0.717, 1.165) is 5.56 Å². The molecule has 0 radical (unpaired) electrons. The van der Waals surface area contributed by atoms with Crippen molar-refractivity contribution in [2.45, 2.75) is 6.42 Å². The number of fused-ring (bicyclic) bond motifs is 1. The fraction of sp³-hybridized carbons (Fsp3) is 0.150. The Hall–Kier alpha value is -3.21. The van der Waals surface area contributed by atoms with E-state index in [0.29, 0.717) is 16.5 Å². The molecule has 126 valence electrons. The molecule has 0 spiro atoms. The first-order valence-corrected chi connectivity index (χ1v) is 7.97. The Morgan fingerprint density at radius 1 is 1.08 bits per heavy atom. The SMILES string of the molecule is Cn1nc(CC(=O)OC/C=C/c2ccccc2)c2ccccc2c1=O. The second-order valence-corrected chi connectivity index (χ2v) is 5.59. The molecule has 0 fully saturated rings. The van der Waals surface area contributed by atoms with Gasteiger partial charge >= 0.3 is 5.97 Å². The molecule has 25 heavy (non-hydrogen) atoms. The number of rotatable bonds is 5. The third kappa shape index (κ3) is 4.01. The van der Waals surface area contributed by atoms with Crippen LogP contribution in [0.2, 0.25) is 0 Å². The van der Waals surface area contributed by atoms with Crippen molar-refractivity contribution in [3.63, 3.8) is 0 Å². The third-order valence-electron chi connectivity index (χ3n) is 3.80. The zero-order chi connectivity index (χ0) is 17.6. The summed E-state index contributed by atoms with van der Waals surface area (Å²) in [5.74, 6) is -0.381. The lowest BCUT2D eigenvalue weighted by Gasteiger charge is -2.07. The van der Waals surface area contributed by atoms with Crippen LogP contribution in [0.15, 0.2) is 65.5 Å². The summed E-state index contributed by atoms with van der Waals surface area (Å²) in [6.07, 6.45) is 3.71. The topological polar surface area (TPSA) is 61.2 Å². The monoisotopic (exact) mass is 334 g/mol. The molecule has 3 aromatic rings. The highest BCUT2D eigenvalue weighted by Gasteiger charge is 2.12. The first-order chi connectivity index (χ1) is 12.1. The first kappa shape index (κ1) is 16.6. The van der Waals surface area contributed by atoms with Gasteiger partial charge in [0.25, 0.3) is 5.56 Å². The lowest BCUT2D eigenvalue weighted by Crippen LogP contribution is -2.22. The maximum absolute atomic E-state index is 12.1. The highest BCUT2D eigenvalue weighted by atomic mass is 16.5. The maximum Gasteiger partial charge on any atom is 0.312 e. The van der Waals surface area contributed by atoms with Gasteiger partial charge in [-0.2, -0.15) is 5.10 Å². The van der Waals surface area contributed by atoms with Crippen LogP contribution in [0, 0.1) is 0 Å². The van der Waals surface area contributed by atoms with Crippen LogP contribution in [0.1, 0.15) is 11.3 Å². The Morgan fingerprint density at radius 2 is 1.76 bits per heavy atom. The molecule has 0 aliphatic carbocycles. The Kier molecular flexibility index (Phi) is 5.04. The van der Waals surface area contributed by atoms with Gasteiger partial charge in [-0.15, -0.1) is 0 Å². The molecule has 0 saturated carbocycles. The molecule has 0 atom stereocenters. The Bertz CT molecular complexity index is 975. The van der Waals surface area contributed by atoms with Crippen LogP contribution in [0.3, 0.4) is 0 Å². The molecule has 0 aliphatic heterocycles. The number of aryl methyl sites for hydroxylation is 1.